The molecule has 2 aromatic heterocycles. The van der Waals surface area contributed by atoms with Gasteiger partial charge in [0.2, 0.25) is 0 Å². The molecule has 2 aromatic rings. The second-order valence-corrected chi connectivity index (χ2v) is 4.85. The van der Waals surface area contributed by atoms with Crippen molar-refractivity contribution in [2.75, 3.05) is 11.9 Å². The van der Waals surface area contributed by atoms with Gasteiger partial charge in [-0.3, -0.25) is 0 Å². The third-order valence-corrected chi connectivity index (χ3v) is 3.70. The van der Waals surface area contributed by atoms with E-state index in [1.54, 1.807) is 6.20 Å². The first kappa shape index (κ1) is 11.5. The lowest BCUT2D eigenvalue weighted by atomic mass is 10.4. The largest absolute Gasteiger partial charge is 0.369 e. The van der Waals surface area contributed by atoms with Crippen molar-refractivity contribution < 1.29 is 0 Å². The number of anilines is 1. The van der Waals surface area contributed by atoms with E-state index >= 15 is 0 Å². The van der Waals surface area contributed by atoms with E-state index in [2.05, 4.69) is 36.2 Å². The Labute approximate surface area is 106 Å². The SMILES string of the molecule is CCNc1nc(-c2nccs2)nc(C)c1Br. The molecule has 0 atom stereocenters. The molecule has 0 spiro atoms. The maximum absolute atomic E-state index is 4.44. The van der Waals surface area contributed by atoms with E-state index in [0.717, 1.165) is 27.5 Å². The molecule has 0 saturated carbocycles. The fourth-order valence-corrected chi connectivity index (χ4v) is 2.16. The van der Waals surface area contributed by atoms with Crippen LogP contribution in [0.2, 0.25) is 0 Å². The van der Waals surface area contributed by atoms with E-state index in [1.807, 2.05) is 19.2 Å². The van der Waals surface area contributed by atoms with Crippen LogP contribution in [0, 0.1) is 6.92 Å². The summed E-state index contributed by atoms with van der Waals surface area (Å²) in [6.45, 7) is 4.81. The summed E-state index contributed by atoms with van der Waals surface area (Å²) in [5.74, 6) is 1.49. The van der Waals surface area contributed by atoms with Gasteiger partial charge in [0, 0.05) is 18.1 Å². The van der Waals surface area contributed by atoms with Crippen molar-refractivity contribution in [1.29, 1.82) is 0 Å². The zero-order valence-electron chi connectivity index (χ0n) is 8.99. The molecule has 0 aliphatic rings. The van der Waals surface area contributed by atoms with Gasteiger partial charge in [0.25, 0.3) is 0 Å². The predicted octanol–water partition coefficient (Wildman–Crippen LogP) is 3.10. The number of hydrogen-bond donors (Lipinski definition) is 1. The summed E-state index contributed by atoms with van der Waals surface area (Å²) in [6, 6.07) is 0. The molecule has 6 heteroatoms. The number of aromatic nitrogens is 3. The van der Waals surface area contributed by atoms with Gasteiger partial charge >= 0.3 is 0 Å². The van der Waals surface area contributed by atoms with Crippen LogP contribution >= 0.6 is 27.3 Å². The van der Waals surface area contributed by atoms with Gasteiger partial charge in [-0.05, 0) is 29.8 Å². The highest BCUT2D eigenvalue weighted by Crippen LogP contribution is 2.27. The topological polar surface area (TPSA) is 50.7 Å². The minimum atomic E-state index is 0.673. The highest BCUT2D eigenvalue weighted by Gasteiger charge is 2.11. The van der Waals surface area contributed by atoms with Gasteiger partial charge in [0.05, 0.1) is 10.2 Å². The van der Waals surface area contributed by atoms with Gasteiger partial charge in [0.15, 0.2) is 10.8 Å². The molecule has 0 saturated heterocycles. The van der Waals surface area contributed by atoms with E-state index in [-0.39, 0.29) is 0 Å². The Bertz CT molecular complexity index is 484. The number of nitrogens with zero attached hydrogens (tertiary/aromatic N) is 3. The van der Waals surface area contributed by atoms with Gasteiger partial charge < -0.3 is 5.32 Å². The van der Waals surface area contributed by atoms with Gasteiger partial charge in [-0.1, -0.05) is 0 Å². The molecule has 0 unspecified atom stereocenters. The van der Waals surface area contributed by atoms with Crippen molar-refractivity contribution in [3.05, 3.63) is 21.7 Å². The molecule has 0 radical (unpaired) electrons. The van der Waals surface area contributed by atoms with Crippen molar-refractivity contribution in [2.45, 2.75) is 13.8 Å². The second-order valence-electron chi connectivity index (χ2n) is 3.16. The molecule has 2 rings (SSSR count). The number of halogens is 1. The minimum Gasteiger partial charge on any atom is -0.369 e. The molecule has 84 valence electrons. The van der Waals surface area contributed by atoms with Crippen molar-refractivity contribution in [1.82, 2.24) is 15.0 Å². The summed E-state index contributed by atoms with van der Waals surface area (Å²) >= 11 is 5.01. The zero-order chi connectivity index (χ0) is 11.5. The summed E-state index contributed by atoms with van der Waals surface area (Å²) in [7, 11) is 0. The highest BCUT2D eigenvalue weighted by molar-refractivity contribution is 9.10. The van der Waals surface area contributed by atoms with Gasteiger partial charge in [-0.15, -0.1) is 11.3 Å². The van der Waals surface area contributed by atoms with Gasteiger partial charge in [-0.25, -0.2) is 15.0 Å². The first-order chi connectivity index (χ1) is 7.72. The first-order valence-electron chi connectivity index (χ1n) is 4.90. The summed E-state index contributed by atoms with van der Waals surface area (Å²) in [6.07, 6.45) is 1.76. The van der Waals surface area contributed by atoms with Crippen molar-refractivity contribution in [3.63, 3.8) is 0 Å². The highest BCUT2D eigenvalue weighted by atomic mass is 79.9. The summed E-state index contributed by atoms with van der Waals surface area (Å²) in [5, 5.41) is 5.96. The summed E-state index contributed by atoms with van der Waals surface area (Å²) < 4.78 is 0.912. The molecule has 0 aliphatic heterocycles. The van der Waals surface area contributed by atoms with E-state index in [9.17, 15) is 0 Å². The Balaban J connectivity index is 2.48. The number of rotatable bonds is 3. The summed E-state index contributed by atoms with van der Waals surface area (Å²) in [4.78, 5) is 13.1. The third kappa shape index (κ3) is 2.22. The van der Waals surface area contributed by atoms with Crippen LogP contribution in [-0.2, 0) is 0 Å². The summed E-state index contributed by atoms with van der Waals surface area (Å²) in [5.41, 5.74) is 0.913. The second kappa shape index (κ2) is 4.88. The zero-order valence-corrected chi connectivity index (χ0v) is 11.4. The van der Waals surface area contributed by atoms with E-state index in [0.29, 0.717) is 5.82 Å². The smallest absolute Gasteiger partial charge is 0.190 e. The van der Waals surface area contributed by atoms with Gasteiger partial charge in [0.1, 0.15) is 5.82 Å². The molecule has 2 heterocycles. The molecule has 1 N–H and O–H groups in total. The quantitative estimate of drug-likeness (QED) is 0.946. The van der Waals surface area contributed by atoms with Crippen LogP contribution in [0.4, 0.5) is 5.82 Å². The van der Waals surface area contributed by atoms with E-state index in [4.69, 9.17) is 0 Å². The fourth-order valence-electron chi connectivity index (χ4n) is 1.27. The van der Waals surface area contributed by atoms with Crippen LogP contribution in [-0.4, -0.2) is 21.5 Å². The molecular weight excluding hydrogens is 288 g/mol. The Morgan fingerprint density at radius 3 is 2.88 bits per heavy atom. The van der Waals surface area contributed by atoms with Crippen LogP contribution in [0.1, 0.15) is 12.6 Å². The Morgan fingerprint density at radius 2 is 2.25 bits per heavy atom. The van der Waals surface area contributed by atoms with Crippen molar-refractivity contribution in [3.8, 4) is 10.8 Å². The lowest BCUT2D eigenvalue weighted by Gasteiger charge is -2.08. The third-order valence-electron chi connectivity index (χ3n) is 1.98. The lowest BCUT2D eigenvalue weighted by Crippen LogP contribution is -2.04. The average Bonchev–Trinajstić information content (AvgIpc) is 2.78. The van der Waals surface area contributed by atoms with Gasteiger partial charge in [-0.2, -0.15) is 0 Å². The van der Waals surface area contributed by atoms with Crippen molar-refractivity contribution >= 4 is 33.1 Å². The van der Waals surface area contributed by atoms with Crippen LogP contribution in [0.15, 0.2) is 16.0 Å². The van der Waals surface area contributed by atoms with Crippen LogP contribution in [0.25, 0.3) is 10.8 Å². The van der Waals surface area contributed by atoms with Crippen molar-refractivity contribution in [2.24, 2.45) is 0 Å². The molecule has 0 fully saturated rings. The maximum Gasteiger partial charge on any atom is 0.190 e. The number of hydrogen-bond acceptors (Lipinski definition) is 5. The monoisotopic (exact) mass is 298 g/mol. The number of thiazole rings is 1. The maximum atomic E-state index is 4.44. The molecule has 0 aliphatic carbocycles. The Kier molecular flexibility index (Phi) is 3.50. The average molecular weight is 299 g/mol. The predicted molar refractivity (Wildman–Crippen MR) is 69.7 cm³/mol. The first-order valence-corrected chi connectivity index (χ1v) is 6.57. The van der Waals surface area contributed by atoms with Crippen LogP contribution in [0.5, 0.6) is 0 Å². The molecule has 0 aromatic carbocycles. The molecular formula is C10H11BrN4S. The molecule has 16 heavy (non-hydrogen) atoms. The standard InChI is InChI=1S/C10H11BrN4S/c1-3-12-8-7(11)6(2)14-9(15-8)10-13-4-5-16-10/h4-5H,3H2,1-2H3,(H,12,14,15). The molecule has 4 nitrogen and oxygen atoms in total. The number of aryl methyl sites for hydroxylation is 1. The molecule has 0 bridgehead atoms. The van der Waals surface area contributed by atoms with E-state index < -0.39 is 0 Å². The van der Waals surface area contributed by atoms with Crippen LogP contribution < -0.4 is 5.32 Å². The Morgan fingerprint density at radius 1 is 1.44 bits per heavy atom. The molecule has 0 amide bonds. The lowest BCUT2D eigenvalue weighted by molar-refractivity contribution is 1.06. The normalized spacial score (nSPS) is 10.4. The van der Waals surface area contributed by atoms with E-state index in [1.165, 1.54) is 11.3 Å². The minimum absolute atomic E-state index is 0.673. The number of nitrogens with one attached hydrogen (secondary N) is 1. The van der Waals surface area contributed by atoms with Crippen LogP contribution in [0.3, 0.4) is 0 Å². The Hall–Kier alpha value is -1.01. The fraction of sp³-hybridized carbons (Fsp3) is 0.300.